The molecule has 0 radical (unpaired) electrons. The molecule has 0 aromatic carbocycles. The lowest BCUT2D eigenvalue weighted by molar-refractivity contribution is 0.442. The Hall–Kier alpha value is -0.180. The van der Waals surface area contributed by atoms with Crippen LogP contribution in [0.2, 0.25) is 0 Å². The zero-order chi connectivity index (χ0) is 10.6. The first kappa shape index (κ1) is 11.9. The zero-order valence-corrected chi connectivity index (χ0v) is 10.5. The predicted molar refractivity (Wildman–Crippen MR) is 66.0 cm³/mol. The normalized spacial score (nSPS) is 24.6. The molecule has 0 bridgehead atoms. The maximum absolute atomic E-state index is 4.62. The molecule has 0 spiro atoms. The van der Waals surface area contributed by atoms with Gasteiger partial charge < -0.3 is 5.32 Å². The number of hydrogen-bond acceptors (Lipinski definition) is 3. The monoisotopic (exact) mass is 214 g/mol. The molecule has 0 saturated heterocycles. The summed E-state index contributed by atoms with van der Waals surface area (Å²) in [6, 6.07) is 1.08. The van der Waals surface area contributed by atoms with Crippen LogP contribution in [0.4, 0.5) is 0 Å². The second kappa shape index (κ2) is 5.64. The Bertz CT molecular complexity index is 201. The van der Waals surface area contributed by atoms with Crippen LogP contribution >= 0.6 is 11.8 Å². The van der Waals surface area contributed by atoms with E-state index < -0.39 is 0 Å². The molecular formula is C11H22N2S. The van der Waals surface area contributed by atoms with Gasteiger partial charge in [-0.25, -0.2) is 0 Å². The molecule has 14 heavy (non-hydrogen) atoms. The molecule has 3 heteroatoms. The second-order valence-corrected chi connectivity index (χ2v) is 5.41. The van der Waals surface area contributed by atoms with Crippen molar-refractivity contribution in [1.82, 2.24) is 5.32 Å². The predicted octanol–water partition coefficient (Wildman–Crippen LogP) is 2.89. The van der Waals surface area contributed by atoms with Crippen LogP contribution in [0.25, 0.3) is 0 Å². The third-order valence-electron chi connectivity index (χ3n) is 2.67. The van der Waals surface area contributed by atoms with Crippen LogP contribution in [-0.4, -0.2) is 23.0 Å². The summed E-state index contributed by atoms with van der Waals surface area (Å²) < 4.78 is 0. The van der Waals surface area contributed by atoms with Crippen LogP contribution in [0.3, 0.4) is 0 Å². The van der Waals surface area contributed by atoms with Gasteiger partial charge in [-0.15, -0.1) is 0 Å². The molecule has 1 heterocycles. The fourth-order valence-electron chi connectivity index (χ4n) is 1.61. The minimum Gasteiger partial charge on any atom is -0.362 e. The SMILES string of the molecule is CCC(NC1=NC(C)CCS1)C(C)C. The highest BCUT2D eigenvalue weighted by Gasteiger charge is 2.16. The quantitative estimate of drug-likeness (QED) is 0.781. The van der Waals surface area contributed by atoms with Crippen molar-refractivity contribution in [3.05, 3.63) is 0 Å². The standard InChI is InChI=1S/C11H22N2S/c1-5-10(8(2)3)13-11-12-9(4)6-7-14-11/h8-10H,5-7H2,1-4H3,(H,12,13). The van der Waals surface area contributed by atoms with Crippen LogP contribution < -0.4 is 5.32 Å². The van der Waals surface area contributed by atoms with E-state index in [1.807, 2.05) is 11.8 Å². The maximum Gasteiger partial charge on any atom is 0.157 e. The van der Waals surface area contributed by atoms with Gasteiger partial charge in [-0.05, 0) is 25.7 Å². The topological polar surface area (TPSA) is 24.4 Å². The Balaban J connectivity index is 2.49. The van der Waals surface area contributed by atoms with Crippen molar-refractivity contribution >= 4 is 16.9 Å². The number of nitrogens with one attached hydrogen (secondary N) is 1. The highest BCUT2D eigenvalue weighted by Crippen LogP contribution is 2.17. The molecule has 2 nitrogen and oxygen atoms in total. The van der Waals surface area contributed by atoms with Crippen LogP contribution in [0, 0.1) is 5.92 Å². The Labute approximate surface area is 92.0 Å². The van der Waals surface area contributed by atoms with E-state index in [9.17, 15) is 0 Å². The molecule has 0 amide bonds. The number of amidine groups is 1. The number of thioether (sulfide) groups is 1. The maximum atomic E-state index is 4.62. The number of aliphatic imine (C=N–C) groups is 1. The molecule has 82 valence electrons. The van der Waals surface area contributed by atoms with Crippen molar-refractivity contribution in [1.29, 1.82) is 0 Å². The van der Waals surface area contributed by atoms with Gasteiger partial charge in [0, 0.05) is 11.8 Å². The minimum absolute atomic E-state index is 0.503. The average Bonchev–Trinajstić information content (AvgIpc) is 2.14. The van der Waals surface area contributed by atoms with Crippen LogP contribution in [0.15, 0.2) is 4.99 Å². The number of hydrogen-bond donors (Lipinski definition) is 1. The van der Waals surface area contributed by atoms with Gasteiger partial charge >= 0.3 is 0 Å². The lowest BCUT2D eigenvalue weighted by Crippen LogP contribution is -2.38. The van der Waals surface area contributed by atoms with Crippen molar-refractivity contribution in [3.63, 3.8) is 0 Å². The Kier molecular flexibility index (Phi) is 4.79. The number of nitrogens with zero attached hydrogens (tertiary/aromatic N) is 1. The minimum atomic E-state index is 0.503. The molecule has 1 N–H and O–H groups in total. The van der Waals surface area contributed by atoms with E-state index in [1.165, 1.54) is 18.6 Å². The van der Waals surface area contributed by atoms with E-state index >= 15 is 0 Å². The van der Waals surface area contributed by atoms with Gasteiger partial charge in [-0.3, -0.25) is 4.99 Å². The van der Waals surface area contributed by atoms with E-state index in [1.54, 1.807) is 0 Å². The van der Waals surface area contributed by atoms with Crippen molar-refractivity contribution < 1.29 is 0 Å². The lowest BCUT2D eigenvalue weighted by atomic mass is 10.0. The molecule has 1 aliphatic rings. The molecule has 0 aliphatic carbocycles. The summed E-state index contributed by atoms with van der Waals surface area (Å²) in [6.07, 6.45) is 2.39. The molecule has 1 rings (SSSR count). The summed E-state index contributed by atoms with van der Waals surface area (Å²) in [6.45, 7) is 8.95. The fraction of sp³-hybridized carbons (Fsp3) is 0.909. The van der Waals surface area contributed by atoms with E-state index in [4.69, 9.17) is 0 Å². The summed E-state index contributed by atoms with van der Waals surface area (Å²) in [5, 5.41) is 4.71. The third-order valence-corrected chi connectivity index (χ3v) is 3.60. The fourth-order valence-corrected chi connectivity index (χ4v) is 2.75. The van der Waals surface area contributed by atoms with E-state index in [0.29, 0.717) is 18.0 Å². The van der Waals surface area contributed by atoms with Crippen molar-refractivity contribution in [3.8, 4) is 0 Å². The van der Waals surface area contributed by atoms with Gasteiger partial charge in [0.1, 0.15) is 0 Å². The van der Waals surface area contributed by atoms with Gasteiger partial charge in [0.2, 0.25) is 0 Å². The smallest absolute Gasteiger partial charge is 0.157 e. The molecule has 0 saturated carbocycles. The van der Waals surface area contributed by atoms with E-state index in [-0.39, 0.29) is 0 Å². The van der Waals surface area contributed by atoms with Crippen LogP contribution in [0.1, 0.15) is 40.5 Å². The molecule has 2 atom stereocenters. The lowest BCUT2D eigenvalue weighted by Gasteiger charge is -2.25. The highest BCUT2D eigenvalue weighted by molar-refractivity contribution is 8.13. The van der Waals surface area contributed by atoms with Crippen LogP contribution in [0.5, 0.6) is 0 Å². The molecule has 1 aliphatic heterocycles. The number of rotatable bonds is 3. The van der Waals surface area contributed by atoms with Gasteiger partial charge in [-0.1, -0.05) is 32.5 Å². The largest absolute Gasteiger partial charge is 0.362 e. The summed E-state index contributed by atoms with van der Waals surface area (Å²) in [5.41, 5.74) is 0. The third kappa shape index (κ3) is 3.52. The van der Waals surface area contributed by atoms with Crippen molar-refractivity contribution in [2.24, 2.45) is 10.9 Å². The molecule has 2 unspecified atom stereocenters. The Morgan fingerprint density at radius 2 is 2.29 bits per heavy atom. The molecule has 0 fully saturated rings. The van der Waals surface area contributed by atoms with Gasteiger partial charge in [0.25, 0.3) is 0 Å². The van der Waals surface area contributed by atoms with Crippen molar-refractivity contribution in [2.75, 3.05) is 5.75 Å². The summed E-state index contributed by atoms with van der Waals surface area (Å²) >= 11 is 1.87. The molecule has 0 aromatic rings. The van der Waals surface area contributed by atoms with E-state index in [2.05, 4.69) is 38.0 Å². The highest BCUT2D eigenvalue weighted by atomic mass is 32.2. The van der Waals surface area contributed by atoms with Gasteiger partial charge in [0.05, 0.1) is 6.04 Å². The zero-order valence-electron chi connectivity index (χ0n) is 9.71. The Morgan fingerprint density at radius 3 is 2.79 bits per heavy atom. The molecular weight excluding hydrogens is 192 g/mol. The van der Waals surface area contributed by atoms with Crippen LogP contribution in [-0.2, 0) is 0 Å². The Morgan fingerprint density at radius 1 is 1.57 bits per heavy atom. The first-order valence-electron chi connectivity index (χ1n) is 5.60. The summed E-state index contributed by atoms with van der Waals surface area (Å²) in [5.74, 6) is 1.89. The first-order valence-corrected chi connectivity index (χ1v) is 6.59. The van der Waals surface area contributed by atoms with Gasteiger partial charge in [-0.2, -0.15) is 0 Å². The summed E-state index contributed by atoms with van der Waals surface area (Å²) in [7, 11) is 0. The van der Waals surface area contributed by atoms with Gasteiger partial charge in [0.15, 0.2) is 5.17 Å². The van der Waals surface area contributed by atoms with Crippen molar-refractivity contribution in [2.45, 2.75) is 52.6 Å². The second-order valence-electron chi connectivity index (χ2n) is 4.32. The summed E-state index contributed by atoms with van der Waals surface area (Å²) in [4.78, 5) is 4.62. The average molecular weight is 214 g/mol. The first-order chi connectivity index (χ1) is 6.63. The molecule has 0 aromatic heterocycles. The van der Waals surface area contributed by atoms with E-state index in [0.717, 1.165) is 5.17 Å².